The molecule has 0 heterocycles. The molecule has 0 saturated heterocycles. The van der Waals surface area contributed by atoms with Crippen molar-refractivity contribution < 1.29 is 14.7 Å². The van der Waals surface area contributed by atoms with Gasteiger partial charge in [0.2, 0.25) is 0 Å². The number of hydrogen-bond acceptors (Lipinski definition) is 4. The smallest absolute Gasteiger partial charge is 0.161 e. The molecule has 2 N–H and O–H groups in total. The highest BCUT2D eigenvalue weighted by atomic mass is 16.6. The largest absolute Gasteiger partial charge is 0.504 e. The highest BCUT2D eigenvalue weighted by molar-refractivity contribution is 5.41. The Morgan fingerprint density at radius 1 is 1.05 bits per heavy atom. The second-order valence-electron chi connectivity index (χ2n) is 4.10. The van der Waals surface area contributed by atoms with Crippen molar-refractivity contribution >= 4 is 0 Å². The lowest BCUT2D eigenvalue weighted by Gasteiger charge is -2.10. The van der Waals surface area contributed by atoms with Gasteiger partial charge in [-0.25, -0.2) is 0 Å². The fourth-order valence-corrected chi connectivity index (χ4v) is 1.67. The summed E-state index contributed by atoms with van der Waals surface area (Å²) in [7, 11) is 1.56. The van der Waals surface area contributed by atoms with Crippen LogP contribution in [0.4, 0.5) is 0 Å². The maximum atomic E-state index is 9.76. The first-order valence-electron chi connectivity index (χ1n) is 6.04. The lowest BCUT2D eigenvalue weighted by Crippen LogP contribution is -2.10. The van der Waals surface area contributed by atoms with Gasteiger partial charge in [-0.3, -0.25) is 0 Å². The summed E-state index contributed by atoms with van der Waals surface area (Å²) in [6, 6.07) is 15.1. The topological polar surface area (TPSA) is 50.7 Å². The molecule has 4 nitrogen and oxygen atoms in total. The normalized spacial score (nSPS) is 10.4. The molecule has 0 bridgehead atoms. The number of nitrogens with one attached hydrogen (secondary N) is 1. The van der Waals surface area contributed by atoms with Gasteiger partial charge in [-0.05, 0) is 23.3 Å². The lowest BCUT2D eigenvalue weighted by atomic mass is 10.2. The average Bonchev–Trinajstić information content (AvgIpc) is 2.46. The third-order valence-corrected chi connectivity index (χ3v) is 2.68. The Labute approximate surface area is 112 Å². The molecule has 0 atom stereocenters. The Morgan fingerprint density at radius 2 is 1.84 bits per heavy atom. The van der Waals surface area contributed by atoms with Crippen molar-refractivity contribution in [1.29, 1.82) is 0 Å². The summed E-state index contributed by atoms with van der Waals surface area (Å²) < 4.78 is 5.62. The molecule has 0 aromatic heterocycles. The van der Waals surface area contributed by atoms with E-state index in [0.29, 0.717) is 18.9 Å². The molecule has 0 amide bonds. The number of ether oxygens (including phenoxy) is 1. The molecule has 2 aromatic carbocycles. The number of hydrogen-bond donors (Lipinski definition) is 2. The molecule has 0 saturated carbocycles. The molecule has 100 valence electrons. The van der Waals surface area contributed by atoms with Gasteiger partial charge < -0.3 is 14.7 Å². The van der Waals surface area contributed by atoms with E-state index in [9.17, 15) is 5.11 Å². The van der Waals surface area contributed by atoms with E-state index in [2.05, 4.69) is 5.48 Å². The van der Waals surface area contributed by atoms with Crippen LogP contribution in [0.3, 0.4) is 0 Å². The highest BCUT2D eigenvalue weighted by Crippen LogP contribution is 2.27. The monoisotopic (exact) mass is 259 g/mol. The highest BCUT2D eigenvalue weighted by Gasteiger charge is 2.04. The summed E-state index contributed by atoms with van der Waals surface area (Å²) >= 11 is 0. The molecule has 0 radical (unpaired) electrons. The van der Waals surface area contributed by atoms with Crippen LogP contribution in [-0.2, 0) is 18.0 Å². The van der Waals surface area contributed by atoms with E-state index in [4.69, 9.17) is 9.57 Å². The Bertz CT molecular complexity index is 514. The molecular formula is C15H17NO3. The van der Waals surface area contributed by atoms with E-state index in [1.807, 2.05) is 36.4 Å². The van der Waals surface area contributed by atoms with Crippen molar-refractivity contribution in [1.82, 2.24) is 5.48 Å². The average molecular weight is 259 g/mol. The Balaban J connectivity index is 2.02. The minimum Gasteiger partial charge on any atom is -0.504 e. The molecule has 0 aliphatic rings. The van der Waals surface area contributed by atoms with Gasteiger partial charge in [0.25, 0.3) is 0 Å². The van der Waals surface area contributed by atoms with Crippen LogP contribution in [0.25, 0.3) is 0 Å². The van der Waals surface area contributed by atoms with Gasteiger partial charge >= 0.3 is 0 Å². The first-order chi connectivity index (χ1) is 9.29. The van der Waals surface area contributed by atoms with Crippen LogP contribution >= 0.6 is 0 Å². The molecule has 19 heavy (non-hydrogen) atoms. The van der Waals surface area contributed by atoms with E-state index in [1.165, 1.54) is 0 Å². The van der Waals surface area contributed by atoms with Crippen molar-refractivity contribution in [2.24, 2.45) is 0 Å². The van der Waals surface area contributed by atoms with Crippen LogP contribution < -0.4 is 10.2 Å². The minimum atomic E-state index is 0.136. The van der Waals surface area contributed by atoms with Gasteiger partial charge in [0.15, 0.2) is 11.5 Å². The number of hydroxylamine groups is 1. The van der Waals surface area contributed by atoms with Crippen LogP contribution in [0.1, 0.15) is 11.1 Å². The van der Waals surface area contributed by atoms with Crippen molar-refractivity contribution in [2.75, 3.05) is 7.11 Å². The quantitative estimate of drug-likeness (QED) is 0.783. The van der Waals surface area contributed by atoms with Crippen molar-refractivity contribution in [3.63, 3.8) is 0 Å². The van der Waals surface area contributed by atoms with Crippen LogP contribution in [0.5, 0.6) is 11.5 Å². The molecule has 0 aliphatic heterocycles. The number of aromatic hydroxyl groups is 1. The zero-order valence-corrected chi connectivity index (χ0v) is 10.8. The number of phenols is 1. The predicted molar refractivity (Wildman–Crippen MR) is 72.7 cm³/mol. The first-order valence-corrected chi connectivity index (χ1v) is 6.04. The molecule has 0 fully saturated rings. The number of benzene rings is 2. The van der Waals surface area contributed by atoms with Crippen LogP contribution in [0.2, 0.25) is 0 Å². The van der Waals surface area contributed by atoms with Gasteiger partial charge in [-0.15, -0.1) is 0 Å². The van der Waals surface area contributed by atoms with Gasteiger partial charge in [0, 0.05) is 6.54 Å². The van der Waals surface area contributed by atoms with E-state index >= 15 is 0 Å². The fourth-order valence-electron chi connectivity index (χ4n) is 1.67. The summed E-state index contributed by atoms with van der Waals surface area (Å²) in [4.78, 5) is 4.79. The van der Waals surface area contributed by atoms with E-state index in [0.717, 1.165) is 11.1 Å². The molecule has 0 spiro atoms. The number of rotatable bonds is 6. The van der Waals surface area contributed by atoms with Crippen LogP contribution in [0.15, 0.2) is 48.5 Å². The SMILES string of the molecule is CONCc1ccc(O)c(OCc2ccccc2)c1. The third-order valence-electron chi connectivity index (χ3n) is 2.68. The predicted octanol–water partition coefficient (Wildman–Crippen LogP) is 2.62. The maximum Gasteiger partial charge on any atom is 0.161 e. The minimum absolute atomic E-state index is 0.136. The van der Waals surface area contributed by atoms with Crippen molar-refractivity contribution in [3.05, 3.63) is 59.7 Å². The molecule has 0 unspecified atom stereocenters. The summed E-state index contributed by atoms with van der Waals surface area (Å²) in [5.41, 5.74) is 4.78. The first kappa shape index (κ1) is 13.4. The summed E-state index contributed by atoms with van der Waals surface area (Å²) in [6.07, 6.45) is 0. The van der Waals surface area contributed by atoms with Gasteiger partial charge in [0.05, 0.1) is 7.11 Å². The standard InChI is InChI=1S/C15H17NO3/c1-18-16-10-13-7-8-14(17)15(9-13)19-11-12-5-3-2-4-6-12/h2-9,16-17H,10-11H2,1H3. The van der Waals surface area contributed by atoms with Crippen molar-refractivity contribution in [2.45, 2.75) is 13.2 Å². The molecule has 4 heteroatoms. The maximum absolute atomic E-state index is 9.76. The van der Waals surface area contributed by atoms with Gasteiger partial charge in [0.1, 0.15) is 6.61 Å². The van der Waals surface area contributed by atoms with E-state index in [-0.39, 0.29) is 5.75 Å². The van der Waals surface area contributed by atoms with Gasteiger partial charge in [-0.2, -0.15) is 5.48 Å². The molecular weight excluding hydrogens is 242 g/mol. The second kappa shape index (κ2) is 6.78. The van der Waals surface area contributed by atoms with E-state index in [1.54, 1.807) is 19.2 Å². The van der Waals surface area contributed by atoms with Crippen LogP contribution in [-0.4, -0.2) is 12.2 Å². The number of phenolic OH excluding ortho intramolecular Hbond substituents is 1. The van der Waals surface area contributed by atoms with Gasteiger partial charge in [-0.1, -0.05) is 36.4 Å². The summed E-state index contributed by atoms with van der Waals surface area (Å²) in [5, 5.41) is 9.76. The molecule has 2 rings (SSSR count). The fraction of sp³-hybridized carbons (Fsp3) is 0.200. The third kappa shape index (κ3) is 3.98. The molecule has 0 aliphatic carbocycles. The Hall–Kier alpha value is -2.04. The Kier molecular flexibility index (Phi) is 4.78. The van der Waals surface area contributed by atoms with Crippen LogP contribution in [0, 0.1) is 0 Å². The summed E-state index contributed by atoms with van der Waals surface area (Å²) in [6.45, 7) is 0.980. The van der Waals surface area contributed by atoms with E-state index < -0.39 is 0 Å². The van der Waals surface area contributed by atoms with Crippen molar-refractivity contribution in [3.8, 4) is 11.5 Å². The lowest BCUT2D eigenvalue weighted by molar-refractivity contribution is 0.0866. The zero-order chi connectivity index (χ0) is 13.5. The molecule has 2 aromatic rings. The summed E-state index contributed by atoms with van der Waals surface area (Å²) in [5.74, 6) is 0.608. The Morgan fingerprint density at radius 3 is 2.58 bits per heavy atom. The zero-order valence-electron chi connectivity index (χ0n) is 10.8. The second-order valence-corrected chi connectivity index (χ2v) is 4.10.